The molecule has 2 N–H and O–H groups in total. The van der Waals surface area contributed by atoms with Crippen LogP contribution in [0, 0.1) is 3.57 Å². The fraction of sp³-hybridized carbons (Fsp3) is 0.417. The van der Waals surface area contributed by atoms with Crippen LogP contribution in [-0.2, 0) is 11.3 Å². The lowest BCUT2D eigenvalue weighted by Crippen LogP contribution is -2.12. The molecule has 0 amide bonds. The maximum Gasteiger partial charge on any atom is 0.201 e. The van der Waals surface area contributed by atoms with Crippen LogP contribution in [0.5, 0.6) is 0 Å². The first-order valence-electron chi connectivity index (χ1n) is 5.61. The van der Waals surface area contributed by atoms with E-state index in [0.717, 1.165) is 21.1 Å². The van der Waals surface area contributed by atoms with Gasteiger partial charge in [0.1, 0.15) is 0 Å². The first-order chi connectivity index (χ1) is 8.08. The average molecular weight is 345 g/mol. The molecule has 4 nitrogen and oxygen atoms in total. The van der Waals surface area contributed by atoms with Crippen LogP contribution in [0.3, 0.4) is 0 Å². The molecule has 0 aliphatic heterocycles. The Morgan fingerprint density at radius 2 is 2.24 bits per heavy atom. The van der Waals surface area contributed by atoms with E-state index in [1.54, 1.807) is 0 Å². The molecule has 2 rings (SSSR count). The van der Waals surface area contributed by atoms with Gasteiger partial charge in [0, 0.05) is 10.1 Å². The van der Waals surface area contributed by atoms with Crippen molar-refractivity contribution in [2.75, 3.05) is 12.3 Å². The summed E-state index contributed by atoms with van der Waals surface area (Å²) in [6.45, 7) is 5.44. The number of hydrogen-bond donors (Lipinski definition) is 1. The van der Waals surface area contributed by atoms with E-state index in [0.29, 0.717) is 12.6 Å². The van der Waals surface area contributed by atoms with Gasteiger partial charge >= 0.3 is 0 Å². The molecule has 1 aromatic carbocycles. The summed E-state index contributed by atoms with van der Waals surface area (Å²) in [6, 6.07) is 6.14. The SMILES string of the molecule is CC(C)OCCn1c(N)nc2cc(I)ccc21. The Morgan fingerprint density at radius 3 is 2.94 bits per heavy atom. The summed E-state index contributed by atoms with van der Waals surface area (Å²) >= 11 is 2.27. The van der Waals surface area contributed by atoms with Crippen LogP contribution in [-0.4, -0.2) is 22.3 Å². The van der Waals surface area contributed by atoms with Gasteiger partial charge in [0.15, 0.2) is 0 Å². The smallest absolute Gasteiger partial charge is 0.201 e. The van der Waals surface area contributed by atoms with Crippen molar-refractivity contribution >= 4 is 39.6 Å². The number of aromatic nitrogens is 2. The summed E-state index contributed by atoms with van der Waals surface area (Å²) in [6.07, 6.45) is 0.243. The van der Waals surface area contributed by atoms with Crippen molar-refractivity contribution in [2.45, 2.75) is 26.5 Å². The summed E-state index contributed by atoms with van der Waals surface area (Å²) in [7, 11) is 0. The Bertz CT molecular complexity index is 522. The highest BCUT2D eigenvalue weighted by molar-refractivity contribution is 14.1. The summed E-state index contributed by atoms with van der Waals surface area (Å²) in [5.74, 6) is 0.550. The lowest BCUT2D eigenvalue weighted by Gasteiger charge is -2.09. The second kappa shape index (κ2) is 5.22. The van der Waals surface area contributed by atoms with Crippen molar-refractivity contribution in [1.82, 2.24) is 9.55 Å². The van der Waals surface area contributed by atoms with E-state index in [9.17, 15) is 0 Å². The number of imidazole rings is 1. The molecule has 0 atom stereocenters. The van der Waals surface area contributed by atoms with E-state index in [1.807, 2.05) is 24.5 Å². The maximum absolute atomic E-state index is 5.91. The monoisotopic (exact) mass is 345 g/mol. The Kier molecular flexibility index (Phi) is 3.88. The molecular formula is C12H16IN3O. The molecule has 1 aromatic heterocycles. The first-order valence-corrected chi connectivity index (χ1v) is 6.68. The van der Waals surface area contributed by atoms with E-state index < -0.39 is 0 Å². The molecule has 1 heterocycles. The van der Waals surface area contributed by atoms with Gasteiger partial charge in [-0.15, -0.1) is 0 Å². The van der Waals surface area contributed by atoms with Gasteiger partial charge in [-0.05, 0) is 54.6 Å². The van der Waals surface area contributed by atoms with Crippen molar-refractivity contribution in [3.8, 4) is 0 Å². The summed E-state index contributed by atoms with van der Waals surface area (Å²) in [5, 5.41) is 0. The van der Waals surface area contributed by atoms with Crippen molar-refractivity contribution in [3.05, 3.63) is 21.8 Å². The molecule has 0 aliphatic rings. The van der Waals surface area contributed by atoms with Crippen LogP contribution in [0.25, 0.3) is 11.0 Å². The molecule has 92 valence electrons. The molecule has 0 aliphatic carbocycles. The summed E-state index contributed by atoms with van der Waals surface area (Å²) in [5.41, 5.74) is 7.92. The van der Waals surface area contributed by atoms with Crippen LogP contribution in [0.15, 0.2) is 18.2 Å². The molecule has 0 saturated heterocycles. The van der Waals surface area contributed by atoms with Crippen molar-refractivity contribution in [1.29, 1.82) is 0 Å². The van der Waals surface area contributed by atoms with Crippen molar-refractivity contribution < 1.29 is 4.74 Å². The van der Waals surface area contributed by atoms with Crippen LogP contribution < -0.4 is 5.73 Å². The van der Waals surface area contributed by atoms with Gasteiger partial charge in [-0.2, -0.15) is 0 Å². The minimum absolute atomic E-state index is 0.243. The molecule has 5 heteroatoms. The first kappa shape index (κ1) is 12.6. The Labute approximate surface area is 114 Å². The van der Waals surface area contributed by atoms with E-state index in [2.05, 4.69) is 39.7 Å². The molecule has 0 unspecified atom stereocenters. The molecule has 17 heavy (non-hydrogen) atoms. The predicted octanol–water partition coefficient (Wildman–Crippen LogP) is 2.65. The summed E-state index contributed by atoms with van der Waals surface area (Å²) in [4.78, 5) is 4.35. The minimum Gasteiger partial charge on any atom is -0.377 e. The molecule has 2 aromatic rings. The number of nitrogens with two attached hydrogens (primary N) is 1. The highest BCUT2D eigenvalue weighted by Gasteiger charge is 2.08. The molecule has 0 radical (unpaired) electrons. The summed E-state index contributed by atoms with van der Waals surface area (Å²) < 4.78 is 8.70. The number of anilines is 1. The highest BCUT2D eigenvalue weighted by atomic mass is 127. The van der Waals surface area contributed by atoms with Crippen molar-refractivity contribution in [2.24, 2.45) is 0 Å². The second-order valence-electron chi connectivity index (χ2n) is 4.17. The van der Waals surface area contributed by atoms with Gasteiger partial charge in [0.05, 0.1) is 23.7 Å². The van der Waals surface area contributed by atoms with Crippen molar-refractivity contribution in [3.63, 3.8) is 0 Å². The Morgan fingerprint density at radius 1 is 1.47 bits per heavy atom. The number of nitrogen functional groups attached to an aromatic ring is 1. The third kappa shape index (κ3) is 2.90. The third-order valence-electron chi connectivity index (χ3n) is 2.51. The number of hydrogen-bond acceptors (Lipinski definition) is 3. The topological polar surface area (TPSA) is 53.1 Å². The number of ether oxygens (including phenoxy) is 1. The average Bonchev–Trinajstić information content (AvgIpc) is 2.54. The molecule has 0 spiro atoms. The van der Waals surface area contributed by atoms with E-state index in [4.69, 9.17) is 10.5 Å². The lowest BCUT2D eigenvalue weighted by molar-refractivity contribution is 0.0735. The minimum atomic E-state index is 0.243. The highest BCUT2D eigenvalue weighted by Crippen LogP contribution is 2.20. The van der Waals surface area contributed by atoms with Crippen LogP contribution in [0.1, 0.15) is 13.8 Å². The molecule has 0 bridgehead atoms. The maximum atomic E-state index is 5.91. The van der Waals surface area contributed by atoms with Gasteiger partial charge in [0.25, 0.3) is 0 Å². The predicted molar refractivity (Wildman–Crippen MR) is 78.0 cm³/mol. The van der Waals surface area contributed by atoms with E-state index in [1.165, 1.54) is 0 Å². The number of nitrogens with zero attached hydrogens (tertiary/aromatic N) is 2. The van der Waals surface area contributed by atoms with Gasteiger partial charge in [-0.1, -0.05) is 0 Å². The fourth-order valence-electron chi connectivity index (χ4n) is 1.74. The number of rotatable bonds is 4. The van der Waals surface area contributed by atoms with Crippen LogP contribution in [0.4, 0.5) is 5.95 Å². The zero-order valence-corrected chi connectivity index (χ0v) is 12.1. The van der Waals surface area contributed by atoms with E-state index in [-0.39, 0.29) is 6.10 Å². The van der Waals surface area contributed by atoms with E-state index >= 15 is 0 Å². The largest absolute Gasteiger partial charge is 0.377 e. The third-order valence-corrected chi connectivity index (χ3v) is 3.18. The second-order valence-corrected chi connectivity index (χ2v) is 5.42. The number of benzene rings is 1. The lowest BCUT2D eigenvalue weighted by atomic mass is 10.3. The fourth-order valence-corrected chi connectivity index (χ4v) is 2.21. The number of fused-ring (bicyclic) bond motifs is 1. The van der Waals surface area contributed by atoms with Crippen LogP contribution >= 0.6 is 22.6 Å². The molecular weight excluding hydrogens is 329 g/mol. The normalized spacial score (nSPS) is 11.5. The Hall–Kier alpha value is -0.820. The van der Waals surface area contributed by atoms with Gasteiger partial charge in [-0.3, -0.25) is 0 Å². The molecule has 0 saturated carbocycles. The quantitative estimate of drug-likeness (QED) is 0.867. The van der Waals surface area contributed by atoms with Gasteiger partial charge in [-0.25, -0.2) is 4.98 Å². The zero-order valence-electron chi connectivity index (χ0n) is 9.98. The molecule has 0 fully saturated rings. The van der Waals surface area contributed by atoms with Crippen LogP contribution in [0.2, 0.25) is 0 Å². The Balaban J connectivity index is 2.24. The van der Waals surface area contributed by atoms with Gasteiger partial charge in [0.2, 0.25) is 5.95 Å². The van der Waals surface area contributed by atoms with Gasteiger partial charge < -0.3 is 15.0 Å². The standard InChI is InChI=1S/C12H16IN3O/c1-8(2)17-6-5-16-11-4-3-9(13)7-10(11)15-12(16)14/h3-4,7-8H,5-6H2,1-2H3,(H2,14,15). The zero-order chi connectivity index (χ0) is 12.4. The number of halogens is 1.